The molecule has 3 aliphatic rings. The van der Waals surface area contributed by atoms with Crippen molar-refractivity contribution in [1.29, 1.82) is 0 Å². The lowest BCUT2D eigenvalue weighted by Crippen LogP contribution is -2.37. The highest BCUT2D eigenvalue weighted by Gasteiger charge is 2.47. The Balaban J connectivity index is 1.38. The molecule has 1 aromatic carbocycles. The summed E-state index contributed by atoms with van der Waals surface area (Å²) in [7, 11) is 0. The number of carbonyl (C=O) groups excluding carboxylic acids is 3. The molecule has 1 aliphatic carbocycles. The molecule has 0 unspecified atom stereocenters. The zero-order valence-electron chi connectivity index (χ0n) is 17.7. The predicted molar refractivity (Wildman–Crippen MR) is 110 cm³/mol. The summed E-state index contributed by atoms with van der Waals surface area (Å²) in [5, 5.41) is 3.07. The van der Waals surface area contributed by atoms with Crippen LogP contribution in [0, 0.1) is 17.8 Å². The molecular formula is C23H30N2O5. The lowest BCUT2D eigenvalue weighted by Gasteiger charge is -2.26. The second-order valence-electron chi connectivity index (χ2n) is 8.77. The summed E-state index contributed by atoms with van der Waals surface area (Å²) in [6.45, 7) is 5.28. The number of carbonyl (C=O) groups is 3. The number of ether oxygens (including phenoxy) is 2. The number of imide groups is 1. The Kier molecular flexibility index (Phi) is 5.97. The Morgan fingerprint density at radius 2 is 1.70 bits per heavy atom. The third kappa shape index (κ3) is 4.02. The summed E-state index contributed by atoms with van der Waals surface area (Å²) in [4.78, 5) is 39.2. The maximum absolute atomic E-state index is 12.7. The largest absolute Gasteiger partial charge is 0.486 e. The number of hydrogen-bond donors (Lipinski definition) is 1. The van der Waals surface area contributed by atoms with Crippen molar-refractivity contribution in [3.05, 3.63) is 23.8 Å². The number of benzene rings is 1. The first kappa shape index (κ1) is 20.7. The van der Waals surface area contributed by atoms with E-state index in [-0.39, 0.29) is 54.5 Å². The van der Waals surface area contributed by atoms with Crippen molar-refractivity contribution < 1.29 is 23.9 Å². The molecule has 2 heterocycles. The molecule has 1 saturated carbocycles. The van der Waals surface area contributed by atoms with Gasteiger partial charge in [-0.1, -0.05) is 32.8 Å². The average molecular weight is 415 g/mol. The number of fused-ring (bicyclic) bond motifs is 2. The van der Waals surface area contributed by atoms with E-state index in [4.69, 9.17) is 9.47 Å². The zero-order valence-corrected chi connectivity index (χ0v) is 17.7. The molecular weight excluding hydrogens is 384 g/mol. The van der Waals surface area contributed by atoms with Crippen LogP contribution in [0.15, 0.2) is 18.2 Å². The standard InChI is InChI=1S/C23H30N2O5/c1-14(2)21(15-7-8-18-19(13-15)30-12-11-29-18)24-20(26)9-10-25-22(27)16-5-3-4-6-17(16)23(25)28/h7-8,13-14,16-17,21H,3-6,9-12H2,1-2H3,(H,24,26)/t16-,17-,21+/m0/s1. The Bertz CT molecular complexity index is 813. The molecule has 4 rings (SSSR count). The van der Waals surface area contributed by atoms with Gasteiger partial charge in [-0.2, -0.15) is 0 Å². The molecule has 2 fully saturated rings. The Morgan fingerprint density at radius 3 is 2.33 bits per heavy atom. The third-order valence-electron chi connectivity index (χ3n) is 6.40. The quantitative estimate of drug-likeness (QED) is 0.724. The summed E-state index contributed by atoms with van der Waals surface area (Å²) in [6, 6.07) is 5.53. The third-order valence-corrected chi connectivity index (χ3v) is 6.40. The lowest BCUT2D eigenvalue weighted by molar-refractivity contribution is -0.140. The van der Waals surface area contributed by atoms with Crippen molar-refractivity contribution in [2.45, 2.75) is 52.0 Å². The first-order valence-corrected chi connectivity index (χ1v) is 11.0. The van der Waals surface area contributed by atoms with Crippen LogP contribution in [0.5, 0.6) is 11.5 Å². The molecule has 7 heteroatoms. The zero-order chi connectivity index (χ0) is 21.3. The van der Waals surface area contributed by atoms with Gasteiger partial charge in [0.2, 0.25) is 17.7 Å². The van der Waals surface area contributed by atoms with E-state index >= 15 is 0 Å². The van der Waals surface area contributed by atoms with Crippen molar-refractivity contribution >= 4 is 17.7 Å². The topological polar surface area (TPSA) is 84.9 Å². The highest BCUT2D eigenvalue weighted by molar-refractivity contribution is 6.05. The molecule has 1 aromatic rings. The maximum atomic E-state index is 12.7. The first-order chi connectivity index (χ1) is 14.5. The molecule has 2 aliphatic heterocycles. The van der Waals surface area contributed by atoms with Gasteiger partial charge in [-0.15, -0.1) is 0 Å². The van der Waals surface area contributed by atoms with Crippen LogP contribution < -0.4 is 14.8 Å². The summed E-state index contributed by atoms with van der Waals surface area (Å²) in [5.41, 5.74) is 0.946. The van der Waals surface area contributed by atoms with E-state index in [9.17, 15) is 14.4 Å². The summed E-state index contributed by atoms with van der Waals surface area (Å²) in [5.74, 6) is 0.870. The molecule has 0 aromatic heterocycles. The normalized spacial score (nSPS) is 24.0. The van der Waals surface area contributed by atoms with Crippen molar-refractivity contribution in [3.8, 4) is 11.5 Å². The molecule has 3 amide bonds. The van der Waals surface area contributed by atoms with Gasteiger partial charge in [0.05, 0.1) is 17.9 Å². The van der Waals surface area contributed by atoms with Crippen LogP contribution in [0.2, 0.25) is 0 Å². The SMILES string of the molecule is CC(C)[C@@H](NC(=O)CCN1C(=O)[C@H]2CCCC[C@@H]2C1=O)c1ccc2c(c1)OCCO2. The van der Waals surface area contributed by atoms with Crippen LogP contribution in [0.3, 0.4) is 0 Å². The summed E-state index contributed by atoms with van der Waals surface area (Å²) < 4.78 is 11.2. The Labute approximate surface area is 177 Å². The van der Waals surface area contributed by atoms with Crippen molar-refractivity contribution in [2.75, 3.05) is 19.8 Å². The minimum Gasteiger partial charge on any atom is -0.486 e. The van der Waals surface area contributed by atoms with Gasteiger partial charge in [0.1, 0.15) is 13.2 Å². The minimum atomic E-state index is -0.194. The van der Waals surface area contributed by atoms with Crippen LogP contribution in [0.25, 0.3) is 0 Å². The fourth-order valence-corrected chi connectivity index (χ4v) is 4.80. The van der Waals surface area contributed by atoms with Crippen LogP contribution in [0.4, 0.5) is 0 Å². The molecule has 162 valence electrons. The first-order valence-electron chi connectivity index (χ1n) is 11.0. The van der Waals surface area contributed by atoms with Gasteiger partial charge in [0.15, 0.2) is 11.5 Å². The lowest BCUT2D eigenvalue weighted by atomic mass is 9.81. The fourth-order valence-electron chi connectivity index (χ4n) is 4.80. The average Bonchev–Trinajstić information content (AvgIpc) is 3.00. The van der Waals surface area contributed by atoms with Crippen molar-refractivity contribution in [3.63, 3.8) is 0 Å². The molecule has 0 spiro atoms. The number of nitrogens with zero attached hydrogens (tertiary/aromatic N) is 1. The Hall–Kier alpha value is -2.57. The Morgan fingerprint density at radius 1 is 1.07 bits per heavy atom. The molecule has 0 radical (unpaired) electrons. The maximum Gasteiger partial charge on any atom is 0.233 e. The number of rotatable bonds is 6. The number of amides is 3. The van der Waals surface area contributed by atoms with E-state index < -0.39 is 0 Å². The van der Waals surface area contributed by atoms with Crippen molar-refractivity contribution in [1.82, 2.24) is 10.2 Å². The van der Waals surface area contributed by atoms with Gasteiger partial charge < -0.3 is 14.8 Å². The van der Waals surface area contributed by atoms with Gasteiger partial charge in [0.25, 0.3) is 0 Å². The number of likely N-dealkylation sites (tertiary alicyclic amines) is 1. The van der Waals surface area contributed by atoms with Gasteiger partial charge in [-0.25, -0.2) is 0 Å². The van der Waals surface area contributed by atoms with E-state index in [1.165, 1.54) is 4.90 Å². The van der Waals surface area contributed by atoms with Gasteiger partial charge in [-0.3, -0.25) is 19.3 Å². The van der Waals surface area contributed by atoms with Crippen LogP contribution in [-0.2, 0) is 14.4 Å². The van der Waals surface area contributed by atoms with E-state index in [0.29, 0.717) is 24.7 Å². The van der Waals surface area contributed by atoms with Crippen LogP contribution in [-0.4, -0.2) is 42.4 Å². The minimum absolute atomic E-state index is 0.0928. The second-order valence-corrected chi connectivity index (χ2v) is 8.77. The highest BCUT2D eigenvalue weighted by atomic mass is 16.6. The van der Waals surface area contributed by atoms with Crippen LogP contribution in [0.1, 0.15) is 57.6 Å². The molecule has 1 N–H and O–H groups in total. The molecule has 30 heavy (non-hydrogen) atoms. The smallest absolute Gasteiger partial charge is 0.233 e. The van der Waals surface area contributed by atoms with Gasteiger partial charge in [-0.05, 0) is 36.5 Å². The summed E-state index contributed by atoms with van der Waals surface area (Å²) >= 11 is 0. The predicted octanol–water partition coefficient (Wildman–Crippen LogP) is 2.84. The summed E-state index contributed by atoms with van der Waals surface area (Å²) in [6.07, 6.45) is 3.69. The van der Waals surface area contributed by atoms with Gasteiger partial charge in [0, 0.05) is 13.0 Å². The van der Waals surface area contributed by atoms with E-state index in [1.54, 1.807) is 0 Å². The van der Waals surface area contributed by atoms with E-state index in [2.05, 4.69) is 5.32 Å². The fraction of sp³-hybridized carbons (Fsp3) is 0.609. The number of nitrogens with one attached hydrogen (secondary N) is 1. The second kappa shape index (κ2) is 8.66. The molecule has 3 atom stereocenters. The van der Waals surface area contributed by atoms with Crippen molar-refractivity contribution in [2.24, 2.45) is 17.8 Å². The van der Waals surface area contributed by atoms with Crippen LogP contribution >= 0.6 is 0 Å². The molecule has 7 nitrogen and oxygen atoms in total. The van der Waals surface area contributed by atoms with E-state index in [0.717, 1.165) is 31.2 Å². The number of hydrogen-bond acceptors (Lipinski definition) is 5. The monoisotopic (exact) mass is 414 g/mol. The molecule has 1 saturated heterocycles. The van der Waals surface area contributed by atoms with Gasteiger partial charge >= 0.3 is 0 Å². The highest BCUT2D eigenvalue weighted by Crippen LogP contribution is 2.38. The van der Waals surface area contributed by atoms with E-state index in [1.807, 2.05) is 32.0 Å². The molecule has 0 bridgehead atoms.